The molecule has 0 spiro atoms. The molecule has 0 aliphatic heterocycles. The first kappa shape index (κ1) is 25.5. The van der Waals surface area contributed by atoms with Crippen molar-refractivity contribution in [2.75, 3.05) is 6.61 Å². The van der Waals surface area contributed by atoms with Gasteiger partial charge in [-0.2, -0.15) is 0 Å². The van der Waals surface area contributed by atoms with Crippen LogP contribution < -0.4 is 14.2 Å². The number of hydrogen-bond donors (Lipinski definition) is 1. The number of ether oxygens (including phenoxy) is 3. The minimum atomic E-state index is 0.0795. The smallest absolute Gasteiger partial charge is 0.172 e. The summed E-state index contributed by atoms with van der Waals surface area (Å²) >= 11 is 0. The van der Waals surface area contributed by atoms with Gasteiger partial charge in [-0.25, -0.2) is 0 Å². The zero-order chi connectivity index (χ0) is 23.8. The molecule has 0 heterocycles. The lowest BCUT2D eigenvalue weighted by atomic mass is 10.1. The van der Waals surface area contributed by atoms with E-state index in [0.717, 1.165) is 17.9 Å². The Kier molecular flexibility index (Phi) is 11.2. The van der Waals surface area contributed by atoms with Crippen molar-refractivity contribution < 1.29 is 19.3 Å². The maximum absolute atomic E-state index is 10.2. The van der Waals surface area contributed by atoms with E-state index in [-0.39, 0.29) is 5.75 Å². The summed E-state index contributed by atoms with van der Waals surface area (Å²) in [4.78, 5) is 0. The van der Waals surface area contributed by atoms with Crippen LogP contribution in [0.15, 0.2) is 72.8 Å². The van der Waals surface area contributed by atoms with Crippen LogP contribution in [0.1, 0.15) is 71.1 Å². The average Bonchev–Trinajstić information content (AvgIpc) is 2.86. The van der Waals surface area contributed by atoms with E-state index in [1.807, 2.05) is 54.6 Å². The topological polar surface area (TPSA) is 47.9 Å². The molecular weight excluding hydrogens is 424 g/mol. The highest BCUT2D eigenvalue weighted by atomic mass is 16.5. The number of rotatable bonds is 16. The van der Waals surface area contributed by atoms with Gasteiger partial charge in [-0.1, -0.05) is 82.9 Å². The fourth-order valence-corrected chi connectivity index (χ4v) is 3.77. The van der Waals surface area contributed by atoms with E-state index < -0.39 is 0 Å². The lowest BCUT2D eigenvalue weighted by Crippen LogP contribution is -1.97. The number of benzene rings is 3. The summed E-state index contributed by atoms with van der Waals surface area (Å²) in [6.07, 6.45) is 13.0. The van der Waals surface area contributed by atoms with Crippen LogP contribution in [-0.2, 0) is 0 Å². The average molecular weight is 463 g/mol. The Balaban J connectivity index is 1.37. The van der Waals surface area contributed by atoms with Gasteiger partial charge >= 0.3 is 0 Å². The van der Waals surface area contributed by atoms with E-state index in [4.69, 9.17) is 14.2 Å². The van der Waals surface area contributed by atoms with Crippen molar-refractivity contribution in [2.24, 2.45) is 0 Å². The fraction of sp³-hybridized carbons (Fsp3) is 0.400. The molecule has 0 radical (unpaired) electrons. The van der Waals surface area contributed by atoms with Crippen molar-refractivity contribution in [1.29, 1.82) is 0 Å². The van der Waals surface area contributed by atoms with Crippen LogP contribution in [0, 0.1) is 0 Å². The molecule has 3 rings (SSSR count). The standard InChI is InChI=1S/C30H38O4/c1-2-3-4-5-6-7-8-9-10-14-23-32-28-21-22-29(31)30(24-28)34-27-19-17-26(18-20-27)33-25-15-12-11-13-16-25/h11-13,15-22,24,31H,2-10,14,23H2,1H3. The summed E-state index contributed by atoms with van der Waals surface area (Å²) in [7, 11) is 0. The Bertz CT molecular complexity index is 938. The lowest BCUT2D eigenvalue weighted by molar-refractivity contribution is 0.301. The first-order valence-corrected chi connectivity index (χ1v) is 12.7. The molecule has 0 fully saturated rings. The second-order valence-corrected chi connectivity index (χ2v) is 8.65. The van der Waals surface area contributed by atoms with Crippen LogP contribution >= 0.6 is 0 Å². The van der Waals surface area contributed by atoms with Gasteiger partial charge in [-0.3, -0.25) is 0 Å². The van der Waals surface area contributed by atoms with Crippen LogP contribution in [0.2, 0.25) is 0 Å². The molecule has 0 aromatic heterocycles. The quantitative estimate of drug-likeness (QED) is 0.215. The van der Waals surface area contributed by atoms with Crippen molar-refractivity contribution in [3.63, 3.8) is 0 Å². The maximum atomic E-state index is 10.2. The van der Waals surface area contributed by atoms with E-state index in [1.165, 1.54) is 57.8 Å². The molecule has 0 aliphatic rings. The van der Waals surface area contributed by atoms with Crippen molar-refractivity contribution in [3.8, 4) is 34.5 Å². The molecule has 3 aromatic carbocycles. The predicted octanol–water partition coefficient (Wildman–Crippen LogP) is 9.28. The number of phenolic OH excluding ortho intramolecular Hbond substituents is 1. The predicted molar refractivity (Wildman–Crippen MR) is 138 cm³/mol. The Hall–Kier alpha value is -3.14. The minimum Gasteiger partial charge on any atom is -0.504 e. The van der Waals surface area contributed by atoms with Crippen molar-refractivity contribution in [1.82, 2.24) is 0 Å². The van der Waals surface area contributed by atoms with Gasteiger partial charge in [-0.05, 0) is 55.0 Å². The van der Waals surface area contributed by atoms with E-state index in [2.05, 4.69) is 6.92 Å². The molecule has 0 saturated carbocycles. The van der Waals surface area contributed by atoms with Gasteiger partial charge in [0, 0.05) is 6.07 Å². The molecule has 0 saturated heterocycles. The number of aromatic hydroxyl groups is 1. The SMILES string of the molecule is CCCCCCCCCCCCOc1ccc(O)c(Oc2ccc(Oc3ccccc3)cc2)c1. The first-order chi connectivity index (χ1) is 16.7. The van der Waals surface area contributed by atoms with Gasteiger partial charge in [0.15, 0.2) is 11.5 Å². The molecule has 0 aliphatic carbocycles. The highest BCUT2D eigenvalue weighted by Crippen LogP contribution is 2.35. The van der Waals surface area contributed by atoms with Gasteiger partial charge in [0.05, 0.1) is 6.61 Å². The number of phenols is 1. The second kappa shape index (κ2) is 14.9. The highest BCUT2D eigenvalue weighted by Gasteiger charge is 2.07. The van der Waals surface area contributed by atoms with Gasteiger partial charge in [-0.15, -0.1) is 0 Å². The van der Waals surface area contributed by atoms with Gasteiger partial charge in [0.1, 0.15) is 23.0 Å². The Morgan fingerprint density at radius 1 is 0.559 bits per heavy atom. The molecule has 3 aromatic rings. The summed E-state index contributed by atoms with van der Waals surface area (Å²) in [5, 5.41) is 10.2. The van der Waals surface area contributed by atoms with E-state index >= 15 is 0 Å². The zero-order valence-electron chi connectivity index (χ0n) is 20.4. The molecule has 1 N–H and O–H groups in total. The monoisotopic (exact) mass is 462 g/mol. The van der Waals surface area contributed by atoms with Gasteiger partial charge in [0.2, 0.25) is 0 Å². The van der Waals surface area contributed by atoms with Crippen molar-refractivity contribution >= 4 is 0 Å². The molecule has 4 nitrogen and oxygen atoms in total. The number of unbranched alkanes of at least 4 members (excludes halogenated alkanes) is 9. The van der Waals surface area contributed by atoms with Crippen LogP contribution in [-0.4, -0.2) is 11.7 Å². The molecule has 0 amide bonds. The molecule has 0 bridgehead atoms. The first-order valence-electron chi connectivity index (χ1n) is 12.7. The Morgan fingerprint density at radius 2 is 1.09 bits per heavy atom. The van der Waals surface area contributed by atoms with Crippen LogP contribution in [0.25, 0.3) is 0 Å². The molecule has 0 atom stereocenters. The third-order valence-electron chi connectivity index (χ3n) is 5.73. The molecular formula is C30H38O4. The van der Waals surface area contributed by atoms with Crippen LogP contribution in [0.3, 0.4) is 0 Å². The molecule has 4 heteroatoms. The summed E-state index contributed by atoms with van der Waals surface area (Å²) in [5.41, 5.74) is 0. The summed E-state index contributed by atoms with van der Waals surface area (Å²) in [6, 6.07) is 22.0. The summed E-state index contributed by atoms with van der Waals surface area (Å²) in [6.45, 7) is 2.93. The van der Waals surface area contributed by atoms with Crippen LogP contribution in [0.5, 0.6) is 34.5 Å². The maximum Gasteiger partial charge on any atom is 0.172 e. The van der Waals surface area contributed by atoms with Crippen LogP contribution in [0.4, 0.5) is 0 Å². The van der Waals surface area contributed by atoms with Crippen molar-refractivity contribution in [3.05, 3.63) is 72.8 Å². The van der Waals surface area contributed by atoms with E-state index in [0.29, 0.717) is 23.9 Å². The normalized spacial score (nSPS) is 10.7. The molecule has 182 valence electrons. The number of hydrogen-bond acceptors (Lipinski definition) is 4. The largest absolute Gasteiger partial charge is 0.504 e. The molecule has 0 unspecified atom stereocenters. The third-order valence-corrected chi connectivity index (χ3v) is 5.73. The van der Waals surface area contributed by atoms with Crippen molar-refractivity contribution in [2.45, 2.75) is 71.1 Å². The van der Waals surface area contributed by atoms with E-state index in [9.17, 15) is 5.11 Å². The van der Waals surface area contributed by atoms with E-state index in [1.54, 1.807) is 18.2 Å². The molecule has 34 heavy (non-hydrogen) atoms. The minimum absolute atomic E-state index is 0.0795. The zero-order valence-corrected chi connectivity index (χ0v) is 20.4. The summed E-state index contributed by atoms with van der Waals surface area (Å²) in [5.74, 6) is 3.26. The number of para-hydroxylation sites is 1. The van der Waals surface area contributed by atoms with Gasteiger partial charge in [0.25, 0.3) is 0 Å². The fourth-order valence-electron chi connectivity index (χ4n) is 3.77. The summed E-state index contributed by atoms with van der Waals surface area (Å²) < 4.78 is 17.6. The third kappa shape index (κ3) is 9.38. The van der Waals surface area contributed by atoms with Gasteiger partial charge < -0.3 is 19.3 Å². The Morgan fingerprint density at radius 3 is 1.74 bits per heavy atom. The second-order valence-electron chi connectivity index (χ2n) is 8.65. The highest BCUT2D eigenvalue weighted by molar-refractivity contribution is 5.47. The lowest BCUT2D eigenvalue weighted by Gasteiger charge is -2.12. The Labute approximate surface area is 204 Å².